The maximum absolute atomic E-state index is 5.92. The molecule has 0 unspecified atom stereocenters. The van der Waals surface area contributed by atoms with Gasteiger partial charge < -0.3 is 14.7 Å². The van der Waals surface area contributed by atoms with E-state index in [1.807, 2.05) is 31.3 Å². The summed E-state index contributed by atoms with van der Waals surface area (Å²) in [4.78, 5) is 11.2. The minimum Gasteiger partial charge on any atom is -0.356 e. The zero-order valence-corrected chi connectivity index (χ0v) is 16.5. The average Bonchev–Trinajstić information content (AvgIpc) is 3.20. The van der Waals surface area contributed by atoms with E-state index in [0.29, 0.717) is 29.7 Å². The first-order valence-corrected chi connectivity index (χ1v) is 9.71. The zero-order chi connectivity index (χ0) is 19.3. The van der Waals surface area contributed by atoms with Crippen molar-refractivity contribution in [1.29, 1.82) is 0 Å². The van der Waals surface area contributed by atoms with Gasteiger partial charge in [0.1, 0.15) is 0 Å². The molecule has 0 fully saturated rings. The number of aromatic nitrogens is 2. The van der Waals surface area contributed by atoms with Crippen molar-refractivity contribution in [3.05, 3.63) is 70.6 Å². The fraction of sp³-hybridized carbons (Fsp3) is 0.286. The number of aliphatic imine (C=N–C) groups is 1. The third-order valence-corrected chi connectivity index (χ3v) is 5.09. The third kappa shape index (κ3) is 4.17. The van der Waals surface area contributed by atoms with Crippen molar-refractivity contribution < 1.29 is 4.52 Å². The number of hydrogen-bond acceptors (Lipinski definition) is 4. The van der Waals surface area contributed by atoms with Crippen molar-refractivity contribution in [2.75, 3.05) is 20.1 Å². The molecule has 1 aromatic heterocycles. The Morgan fingerprint density at radius 1 is 1.18 bits per heavy atom. The minimum atomic E-state index is 0.573. The number of halogens is 1. The highest BCUT2D eigenvalue weighted by Gasteiger charge is 2.18. The van der Waals surface area contributed by atoms with Crippen LogP contribution in [0.15, 0.2) is 58.0 Å². The average molecular weight is 396 g/mol. The predicted molar refractivity (Wildman–Crippen MR) is 110 cm³/mol. The number of nitrogens with one attached hydrogen (secondary N) is 1. The van der Waals surface area contributed by atoms with Gasteiger partial charge in [0.05, 0.1) is 0 Å². The molecule has 1 N–H and O–H groups in total. The normalized spacial score (nSPS) is 14.1. The second-order valence-corrected chi connectivity index (χ2v) is 7.12. The Hall–Kier alpha value is -2.86. The molecular weight excluding hydrogens is 374 g/mol. The standard InChI is InChI=1S/C21H22ClN5O/c1-23-21(27-13-11-15-4-2-3-5-17(15)14-27)24-12-10-19-25-20(26-28-19)16-6-8-18(22)9-7-16/h2-9H,10-14H2,1H3,(H,23,24). The fourth-order valence-electron chi connectivity index (χ4n) is 3.36. The number of hydrogen-bond donors (Lipinski definition) is 1. The summed E-state index contributed by atoms with van der Waals surface area (Å²) in [6, 6.07) is 16.0. The number of nitrogens with zero attached hydrogens (tertiary/aromatic N) is 4. The Balaban J connectivity index is 1.33. The van der Waals surface area contributed by atoms with Gasteiger partial charge in [0.2, 0.25) is 11.7 Å². The first-order valence-electron chi connectivity index (χ1n) is 9.34. The zero-order valence-electron chi connectivity index (χ0n) is 15.7. The van der Waals surface area contributed by atoms with Crippen LogP contribution in [0.1, 0.15) is 17.0 Å². The molecule has 0 bridgehead atoms. The number of rotatable bonds is 4. The largest absolute Gasteiger partial charge is 0.356 e. The van der Waals surface area contributed by atoms with E-state index >= 15 is 0 Å². The van der Waals surface area contributed by atoms with Crippen LogP contribution in [0.25, 0.3) is 11.4 Å². The van der Waals surface area contributed by atoms with Gasteiger partial charge in [-0.3, -0.25) is 4.99 Å². The molecule has 2 heterocycles. The lowest BCUT2D eigenvalue weighted by Crippen LogP contribution is -2.44. The number of benzene rings is 2. The first-order chi connectivity index (χ1) is 13.7. The molecule has 0 radical (unpaired) electrons. The molecule has 1 aliphatic heterocycles. The van der Waals surface area contributed by atoms with Gasteiger partial charge in [-0.15, -0.1) is 0 Å². The molecule has 2 aromatic carbocycles. The van der Waals surface area contributed by atoms with Crippen LogP contribution in [0.5, 0.6) is 0 Å². The van der Waals surface area contributed by atoms with Gasteiger partial charge in [-0.2, -0.15) is 4.98 Å². The van der Waals surface area contributed by atoms with E-state index in [1.165, 1.54) is 11.1 Å². The molecule has 0 saturated carbocycles. The van der Waals surface area contributed by atoms with Gasteiger partial charge in [0.25, 0.3) is 0 Å². The summed E-state index contributed by atoms with van der Waals surface area (Å²) in [6.45, 7) is 2.50. The quantitative estimate of drug-likeness (QED) is 0.540. The summed E-state index contributed by atoms with van der Waals surface area (Å²) in [5.41, 5.74) is 3.67. The van der Waals surface area contributed by atoms with E-state index < -0.39 is 0 Å². The van der Waals surface area contributed by atoms with Gasteiger partial charge >= 0.3 is 0 Å². The molecule has 0 saturated heterocycles. The second kappa shape index (κ2) is 8.44. The van der Waals surface area contributed by atoms with Crippen LogP contribution in [-0.2, 0) is 19.4 Å². The Bertz CT molecular complexity index is 967. The smallest absolute Gasteiger partial charge is 0.228 e. The molecule has 144 valence electrons. The highest BCUT2D eigenvalue weighted by Crippen LogP contribution is 2.19. The van der Waals surface area contributed by atoms with Crippen LogP contribution in [0.2, 0.25) is 5.02 Å². The molecule has 0 spiro atoms. The summed E-state index contributed by atoms with van der Waals surface area (Å²) in [7, 11) is 1.81. The van der Waals surface area contributed by atoms with Gasteiger partial charge in [0.15, 0.2) is 5.96 Å². The molecule has 0 aliphatic carbocycles. The van der Waals surface area contributed by atoms with Crippen molar-refractivity contribution in [3.63, 3.8) is 0 Å². The third-order valence-electron chi connectivity index (χ3n) is 4.83. The van der Waals surface area contributed by atoms with Crippen molar-refractivity contribution in [1.82, 2.24) is 20.4 Å². The second-order valence-electron chi connectivity index (χ2n) is 6.68. The van der Waals surface area contributed by atoms with Crippen LogP contribution < -0.4 is 5.32 Å². The van der Waals surface area contributed by atoms with Crippen LogP contribution in [0.4, 0.5) is 0 Å². The molecule has 0 amide bonds. The molecule has 1 aliphatic rings. The van der Waals surface area contributed by atoms with E-state index in [2.05, 4.69) is 49.6 Å². The number of guanidine groups is 1. The lowest BCUT2D eigenvalue weighted by atomic mass is 10.0. The summed E-state index contributed by atoms with van der Waals surface area (Å²) in [5, 5.41) is 8.14. The molecule has 0 atom stereocenters. The van der Waals surface area contributed by atoms with Crippen LogP contribution in [0, 0.1) is 0 Å². The maximum Gasteiger partial charge on any atom is 0.228 e. The summed E-state index contributed by atoms with van der Waals surface area (Å²) >= 11 is 5.92. The lowest BCUT2D eigenvalue weighted by molar-refractivity contribution is 0.368. The lowest BCUT2D eigenvalue weighted by Gasteiger charge is -2.31. The van der Waals surface area contributed by atoms with E-state index in [1.54, 1.807) is 0 Å². The van der Waals surface area contributed by atoms with E-state index in [0.717, 1.165) is 31.0 Å². The van der Waals surface area contributed by atoms with Gasteiger partial charge in [-0.05, 0) is 41.8 Å². The highest BCUT2D eigenvalue weighted by atomic mass is 35.5. The van der Waals surface area contributed by atoms with Gasteiger partial charge in [0, 0.05) is 43.7 Å². The fourth-order valence-corrected chi connectivity index (χ4v) is 3.49. The van der Waals surface area contributed by atoms with Crippen LogP contribution >= 0.6 is 11.6 Å². The number of fused-ring (bicyclic) bond motifs is 1. The summed E-state index contributed by atoms with van der Waals surface area (Å²) in [5.74, 6) is 2.06. The topological polar surface area (TPSA) is 66.5 Å². The monoisotopic (exact) mass is 395 g/mol. The Morgan fingerprint density at radius 3 is 2.75 bits per heavy atom. The van der Waals surface area contributed by atoms with Crippen molar-refractivity contribution >= 4 is 17.6 Å². The van der Waals surface area contributed by atoms with Gasteiger partial charge in [-0.25, -0.2) is 0 Å². The Kier molecular flexibility index (Phi) is 5.58. The Labute approximate surface area is 169 Å². The summed E-state index contributed by atoms with van der Waals surface area (Å²) < 4.78 is 5.37. The van der Waals surface area contributed by atoms with Crippen molar-refractivity contribution in [2.45, 2.75) is 19.4 Å². The van der Waals surface area contributed by atoms with E-state index in [4.69, 9.17) is 16.1 Å². The SMILES string of the molecule is CN=C(NCCc1nc(-c2ccc(Cl)cc2)no1)N1CCc2ccccc2C1. The molecule has 7 heteroatoms. The minimum absolute atomic E-state index is 0.573. The first kappa shape index (κ1) is 18.5. The summed E-state index contributed by atoms with van der Waals surface area (Å²) in [6.07, 6.45) is 1.66. The molecule has 3 aromatic rings. The predicted octanol–water partition coefficient (Wildman–Crippen LogP) is 3.57. The van der Waals surface area contributed by atoms with E-state index in [9.17, 15) is 0 Å². The van der Waals surface area contributed by atoms with Crippen molar-refractivity contribution in [3.8, 4) is 11.4 Å². The van der Waals surface area contributed by atoms with E-state index in [-0.39, 0.29) is 0 Å². The highest BCUT2D eigenvalue weighted by molar-refractivity contribution is 6.30. The maximum atomic E-state index is 5.92. The van der Waals surface area contributed by atoms with Crippen molar-refractivity contribution in [2.24, 2.45) is 4.99 Å². The molecule has 6 nitrogen and oxygen atoms in total. The Morgan fingerprint density at radius 2 is 1.96 bits per heavy atom. The molecule has 4 rings (SSSR count). The molecular formula is C21H22ClN5O. The van der Waals surface area contributed by atoms with Gasteiger partial charge in [-0.1, -0.05) is 41.0 Å². The van der Waals surface area contributed by atoms with Crippen LogP contribution in [0.3, 0.4) is 0 Å². The van der Waals surface area contributed by atoms with Crippen LogP contribution in [-0.4, -0.2) is 41.1 Å². The molecule has 28 heavy (non-hydrogen) atoms.